The number of hydrogen-bond acceptors (Lipinski definition) is 3. The molecule has 0 saturated carbocycles. The summed E-state index contributed by atoms with van der Waals surface area (Å²) in [5.74, 6) is 0.475. The predicted octanol–water partition coefficient (Wildman–Crippen LogP) is 2.16. The summed E-state index contributed by atoms with van der Waals surface area (Å²) in [4.78, 5) is 36.4. The lowest BCUT2D eigenvalue weighted by molar-refractivity contribution is -0.119. The molecule has 2 rings (SSSR count). The van der Waals surface area contributed by atoms with E-state index in [1.165, 1.54) is 6.92 Å². The van der Waals surface area contributed by atoms with E-state index in [2.05, 4.69) is 17.7 Å². The van der Waals surface area contributed by atoms with Gasteiger partial charge in [0.25, 0.3) is 0 Å². The first-order chi connectivity index (χ1) is 12.3. The second-order valence-corrected chi connectivity index (χ2v) is 6.68. The van der Waals surface area contributed by atoms with Crippen molar-refractivity contribution in [1.29, 1.82) is 0 Å². The first-order valence-electron chi connectivity index (χ1n) is 8.73. The maximum atomic E-state index is 12.7. The van der Waals surface area contributed by atoms with Gasteiger partial charge in [-0.1, -0.05) is 31.2 Å². The highest BCUT2D eigenvalue weighted by Gasteiger charge is 2.26. The Balaban J connectivity index is 2.01. The minimum Gasteiger partial charge on any atom is -0.464 e. The molecule has 1 aromatic carbocycles. The van der Waals surface area contributed by atoms with Crippen molar-refractivity contribution in [2.24, 2.45) is 5.92 Å². The van der Waals surface area contributed by atoms with E-state index in [0.717, 1.165) is 29.0 Å². The molecular formula is C18H26N4O4. The van der Waals surface area contributed by atoms with Gasteiger partial charge in [-0.2, -0.15) is 0 Å². The number of nitrogens with zero attached hydrogens (tertiary/aromatic N) is 2. The lowest BCUT2D eigenvalue weighted by Gasteiger charge is -2.34. The molecule has 1 aromatic rings. The van der Waals surface area contributed by atoms with Crippen LogP contribution in [0.4, 0.5) is 9.59 Å². The van der Waals surface area contributed by atoms with E-state index in [4.69, 9.17) is 5.11 Å². The summed E-state index contributed by atoms with van der Waals surface area (Å²) in [6.45, 7) is 5.43. The molecule has 0 unspecified atom stereocenters. The Morgan fingerprint density at radius 3 is 2.27 bits per heavy atom. The van der Waals surface area contributed by atoms with E-state index in [9.17, 15) is 14.4 Å². The van der Waals surface area contributed by atoms with Gasteiger partial charge in [0.2, 0.25) is 5.91 Å². The van der Waals surface area contributed by atoms with Gasteiger partial charge in [-0.15, -0.1) is 0 Å². The molecule has 142 valence electrons. The molecule has 1 fully saturated rings. The zero-order valence-corrected chi connectivity index (χ0v) is 15.2. The van der Waals surface area contributed by atoms with Crippen LogP contribution < -0.4 is 10.7 Å². The normalized spacial score (nSPS) is 14.6. The summed E-state index contributed by atoms with van der Waals surface area (Å²) in [7, 11) is 0. The smallest absolute Gasteiger partial charge is 0.423 e. The lowest BCUT2D eigenvalue weighted by Crippen LogP contribution is -2.52. The molecule has 3 N–H and O–H groups in total. The molecular weight excluding hydrogens is 336 g/mol. The fourth-order valence-electron chi connectivity index (χ4n) is 2.81. The number of carbonyl (C=O) groups excluding carboxylic acids is 2. The monoisotopic (exact) mass is 362 g/mol. The second-order valence-electron chi connectivity index (χ2n) is 6.68. The maximum Gasteiger partial charge on any atom is 0.423 e. The number of carboxylic acid groups (broad SMARTS) is 1. The summed E-state index contributed by atoms with van der Waals surface area (Å²) >= 11 is 0. The third kappa shape index (κ3) is 5.94. The van der Waals surface area contributed by atoms with Gasteiger partial charge in [0.05, 0.1) is 6.54 Å². The average molecular weight is 362 g/mol. The first-order valence-corrected chi connectivity index (χ1v) is 8.73. The minimum absolute atomic E-state index is 0.104. The lowest BCUT2D eigenvalue weighted by atomic mass is 10.00. The van der Waals surface area contributed by atoms with Gasteiger partial charge < -0.3 is 15.3 Å². The molecule has 8 nitrogen and oxygen atoms in total. The number of amides is 4. The molecule has 0 spiro atoms. The molecule has 26 heavy (non-hydrogen) atoms. The number of hydrogen-bond donors (Lipinski definition) is 3. The summed E-state index contributed by atoms with van der Waals surface area (Å²) < 4.78 is 0. The topological polar surface area (TPSA) is 102 Å². The Hall–Kier alpha value is -2.77. The van der Waals surface area contributed by atoms with E-state index >= 15 is 0 Å². The Labute approximate surface area is 153 Å². The fraction of sp³-hybridized carbons (Fsp3) is 0.500. The van der Waals surface area contributed by atoms with Crippen molar-refractivity contribution >= 4 is 18.0 Å². The van der Waals surface area contributed by atoms with Gasteiger partial charge in [0, 0.05) is 26.6 Å². The van der Waals surface area contributed by atoms with Crippen molar-refractivity contribution in [2.45, 2.75) is 39.8 Å². The van der Waals surface area contributed by atoms with Crippen molar-refractivity contribution in [3.8, 4) is 0 Å². The Kier molecular flexibility index (Phi) is 6.82. The molecule has 4 amide bonds. The van der Waals surface area contributed by atoms with E-state index in [0.29, 0.717) is 25.6 Å². The van der Waals surface area contributed by atoms with Crippen LogP contribution in [-0.2, 0) is 17.9 Å². The largest absolute Gasteiger partial charge is 0.464 e. The van der Waals surface area contributed by atoms with Crippen LogP contribution in [0.15, 0.2) is 24.3 Å². The number of likely N-dealkylation sites (tertiary alicyclic amines) is 1. The molecule has 0 atom stereocenters. The minimum atomic E-state index is -1.27. The summed E-state index contributed by atoms with van der Waals surface area (Å²) in [6, 6.07) is 6.99. The van der Waals surface area contributed by atoms with Crippen LogP contribution in [0.1, 0.15) is 37.8 Å². The molecule has 8 heteroatoms. The number of carbonyl (C=O) groups is 3. The molecule has 0 bridgehead atoms. The van der Waals surface area contributed by atoms with Crippen molar-refractivity contribution in [1.82, 2.24) is 20.7 Å². The SMILES string of the molecule is CC(=O)NCc1ccc(CN(NC(=O)O)C(=O)N2CCC(C)CC2)cc1. The molecule has 0 radical (unpaired) electrons. The number of piperidine rings is 1. The number of hydrazine groups is 1. The molecule has 1 aliphatic rings. The molecule has 1 heterocycles. The van der Waals surface area contributed by atoms with Crippen molar-refractivity contribution < 1.29 is 19.5 Å². The second kappa shape index (κ2) is 9.07. The van der Waals surface area contributed by atoms with Crippen LogP contribution >= 0.6 is 0 Å². The highest BCUT2D eigenvalue weighted by molar-refractivity contribution is 5.77. The van der Waals surface area contributed by atoms with Gasteiger partial charge in [-0.05, 0) is 29.9 Å². The van der Waals surface area contributed by atoms with Crippen LogP contribution in [0.5, 0.6) is 0 Å². The van der Waals surface area contributed by atoms with E-state index < -0.39 is 6.09 Å². The zero-order valence-electron chi connectivity index (χ0n) is 15.2. The van der Waals surface area contributed by atoms with Gasteiger partial charge in [0.1, 0.15) is 0 Å². The highest BCUT2D eigenvalue weighted by atomic mass is 16.4. The molecule has 0 aromatic heterocycles. The quantitative estimate of drug-likeness (QED) is 0.714. The zero-order chi connectivity index (χ0) is 19.1. The van der Waals surface area contributed by atoms with Crippen LogP contribution in [0.2, 0.25) is 0 Å². The molecule has 0 aliphatic carbocycles. The summed E-state index contributed by atoms with van der Waals surface area (Å²) in [5, 5.41) is 12.9. The maximum absolute atomic E-state index is 12.7. The predicted molar refractivity (Wildman–Crippen MR) is 96.0 cm³/mol. The van der Waals surface area contributed by atoms with Crippen LogP contribution in [0.25, 0.3) is 0 Å². The summed E-state index contributed by atoms with van der Waals surface area (Å²) in [5.41, 5.74) is 3.92. The highest BCUT2D eigenvalue weighted by Crippen LogP contribution is 2.18. The molecule has 1 saturated heterocycles. The third-order valence-corrected chi connectivity index (χ3v) is 4.42. The van der Waals surface area contributed by atoms with Crippen molar-refractivity contribution in [3.05, 3.63) is 35.4 Å². The van der Waals surface area contributed by atoms with Gasteiger partial charge in [-0.3, -0.25) is 4.79 Å². The fourth-order valence-corrected chi connectivity index (χ4v) is 2.81. The number of urea groups is 1. The van der Waals surface area contributed by atoms with Gasteiger partial charge >= 0.3 is 12.1 Å². The number of rotatable bonds is 4. The third-order valence-electron chi connectivity index (χ3n) is 4.42. The van der Waals surface area contributed by atoms with E-state index in [1.54, 1.807) is 4.90 Å². The summed E-state index contributed by atoms with van der Waals surface area (Å²) in [6.07, 6.45) is 0.570. The van der Waals surface area contributed by atoms with Crippen molar-refractivity contribution in [2.75, 3.05) is 13.1 Å². The van der Waals surface area contributed by atoms with Crippen LogP contribution in [0, 0.1) is 5.92 Å². The van der Waals surface area contributed by atoms with Gasteiger partial charge in [-0.25, -0.2) is 20.0 Å². The van der Waals surface area contributed by atoms with Crippen LogP contribution in [-0.4, -0.2) is 46.1 Å². The average Bonchev–Trinajstić information content (AvgIpc) is 2.60. The Bertz CT molecular complexity index is 639. The number of benzene rings is 1. The number of nitrogens with one attached hydrogen (secondary N) is 2. The van der Waals surface area contributed by atoms with Gasteiger partial charge in [0.15, 0.2) is 0 Å². The van der Waals surface area contributed by atoms with Crippen LogP contribution in [0.3, 0.4) is 0 Å². The first kappa shape index (κ1) is 19.6. The van der Waals surface area contributed by atoms with E-state index in [1.807, 2.05) is 24.3 Å². The van der Waals surface area contributed by atoms with Crippen molar-refractivity contribution in [3.63, 3.8) is 0 Å². The Morgan fingerprint density at radius 2 is 1.73 bits per heavy atom. The van der Waals surface area contributed by atoms with E-state index in [-0.39, 0.29) is 18.5 Å². The Morgan fingerprint density at radius 1 is 1.15 bits per heavy atom. The molecule has 1 aliphatic heterocycles. The standard InChI is InChI=1S/C18H26N4O4/c1-13-7-9-21(10-8-13)18(26)22(20-17(24)25)12-16-5-3-15(4-6-16)11-19-14(2)23/h3-6,13,20H,7-12H2,1-2H3,(H,19,23)(H,24,25).